The maximum atomic E-state index is 12.7. The second-order valence-electron chi connectivity index (χ2n) is 5.90. The largest absolute Gasteiger partial charge is 0.333 e. The van der Waals surface area contributed by atoms with Crippen LogP contribution in [0.1, 0.15) is 36.2 Å². The first-order valence-electron chi connectivity index (χ1n) is 7.53. The van der Waals surface area contributed by atoms with Gasteiger partial charge in [-0.3, -0.25) is 9.59 Å². The van der Waals surface area contributed by atoms with Crippen LogP contribution in [0, 0.1) is 0 Å². The van der Waals surface area contributed by atoms with Gasteiger partial charge in [0.25, 0.3) is 5.91 Å². The van der Waals surface area contributed by atoms with Gasteiger partial charge in [0.2, 0.25) is 5.91 Å². The number of amides is 2. The first-order valence-corrected chi connectivity index (χ1v) is 7.53. The lowest BCUT2D eigenvalue weighted by Crippen LogP contribution is -2.57. The zero-order valence-corrected chi connectivity index (χ0v) is 12.5. The molecule has 1 aromatic carbocycles. The van der Waals surface area contributed by atoms with E-state index in [9.17, 15) is 9.59 Å². The highest BCUT2D eigenvalue weighted by molar-refractivity contribution is 5.98. The van der Waals surface area contributed by atoms with Gasteiger partial charge in [0.1, 0.15) is 0 Å². The minimum Gasteiger partial charge on any atom is -0.333 e. The monoisotopic (exact) mass is 287 g/mol. The Hall–Kier alpha value is -1.88. The van der Waals surface area contributed by atoms with Gasteiger partial charge in [-0.25, -0.2) is 0 Å². The molecule has 1 aromatic rings. The van der Waals surface area contributed by atoms with E-state index in [-0.39, 0.29) is 17.9 Å². The van der Waals surface area contributed by atoms with Crippen LogP contribution in [-0.2, 0) is 11.2 Å². The maximum absolute atomic E-state index is 12.7. The molecular formula is C16H21N3O2. The number of carbonyl (C=O) groups is 2. The Morgan fingerprint density at radius 2 is 2.10 bits per heavy atom. The zero-order valence-electron chi connectivity index (χ0n) is 12.5. The molecule has 0 saturated carbocycles. The van der Waals surface area contributed by atoms with Crippen molar-refractivity contribution in [2.24, 2.45) is 0 Å². The standard InChI is InChI=1S/C16H21N3O2/c1-10-11(2)19(8-7-17-10)16(21)13-3-5-14-12(9-13)4-6-15(20)18-14/h3,5,9-11,17H,4,6-8H2,1-2H3,(H,18,20). The lowest BCUT2D eigenvalue weighted by atomic mass is 9.99. The van der Waals surface area contributed by atoms with Gasteiger partial charge in [-0.1, -0.05) is 0 Å². The molecule has 1 fully saturated rings. The number of anilines is 1. The van der Waals surface area contributed by atoms with Crippen LogP contribution in [0.3, 0.4) is 0 Å². The Labute approximate surface area is 124 Å². The van der Waals surface area contributed by atoms with Crippen LogP contribution in [0.15, 0.2) is 18.2 Å². The molecule has 0 aromatic heterocycles. The Bertz CT molecular complexity index is 585. The van der Waals surface area contributed by atoms with E-state index in [2.05, 4.69) is 24.5 Å². The van der Waals surface area contributed by atoms with Crippen LogP contribution >= 0.6 is 0 Å². The molecule has 2 aliphatic rings. The Balaban J connectivity index is 1.83. The van der Waals surface area contributed by atoms with Crippen molar-refractivity contribution in [1.82, 2.24) is 10.2 Å². The van der Waals surface area contributed by atoms with E-state index in [4.69, 9.17) is 0 Å². The van der Waals surface area contributed by atoms with E-state index in [1.54, 1.807) is 0 Å². The number of carbonyl (C=O) groups excluding carboxylic acids is 2. The number of nitrogens with one attached hydrogen (secondary N) is 2. The first-order chi connectivity index (χ1) is 10.1. The molecule has 0 spiro atoms. The minimum absolute atomic E-state index is 0.0473. The topological polar surface area (TPSA) is 61.4 Å². The highest BCUT2D eigenvalue weighted by Crippen LogP contribution is 2.25. The molecule has 2 N–H and O–H groups in total. The van der Waals surface area contributed by atoms with Crippen molar-refractivity contribution in [3.8, 4) is 0 Å². The maximum Gasteiger partial charge on any atom is 0.254 e. The second kappa shape index (κ2) is 5.48. The number of benzene rings is 1. The Morgan fingerprint density at radius 1 is 1.29 bits per heavy atom. The molecular weight excluding hydrogens is 266 g/mol. The molecule has 3 rings (SSSR count). The summed E-state index contributed by atoms with van der Waals surface area (Å²) in [5, 5.41) is 6.23. The summed E-state index contributed by atoms with van der Waals surface area (Å²) in [5.41, 5.74) is 2.60. The van der Waals surface area contributed by atoms with Gasteiger partial charge in [0.05, 0.1) is 0 Å². The second-order valence-corrected chi connectivity index (χ2v) is 5.90. The quantitative estimate of drug-likeness (QED) is 0.820. The zero-order chi connectivity index (χ0) is 15.0. The number of piperazine rings is 1. The average Bonchev–Trinajstić information content (AvgIpc) is 2.49. The summed E-state index contributed by atoms with van der Waals surface area (Å²) in [4.78, 5) is 26.0. The van der Waals surface area contributed by atoms with Gasteiger partial charge in [0.15, 0.2) is 0 Å². The highest BCUT2D eigenvalue weighted by Gasteiger charge is 2.29. The van der Waals surface area contributed by atoms with Crippen molar-refractivity contribution in [2.75, 3.05) is 18.4 Å². The van der Waals surface area contributed by atoms with Gasteiger partial charge in [0, 0.05) is 42.8 Å². The lowest BCUT2D eigenvalue weighted by molar-refractivity contribution is -0.116. The summed E-state index contributed by atoms with van der Waals surface area (Å²) < 4.78 is 0. The SMILES string of the molecule is CC1NCCN(C(=O)c2ccc3c(c2)CCC(=O)N3)C1C. The fraction of sp³-hybridized carbons (Fsp3) is 0.500. The molecule has 0 radical (unpaired) electrons. The van der Waals surface area contributed by atoms with E-state index < -0.39 is 0 Å². The van der Waals surface area contributed by atoms with E-state index in [0.29, 0.717) is 24.4 Å². The number of hydrogen-bond acceptors (Lipinski definition) is 3. The Kier molecular flexibility index (Phi) is 3.68. The molecule has 1 saturated heterocycles. The summed E-state index contributed by atoms with van der Waals surface area (Å²) in [6, 6.07) is 6.07. The van der Waals surface area contributed by atoms with Crippen LogP contribution in [0.4, 0.5) is 5.69 Å². The molecule has 5 nitrogen and oxygen atoms in total. The highest BCUT2D eigenvalue weighted by atomic mass is 16.2. The summed E-state index contributed by atoms with van der Waals surface area (Å²) in [7, 11) is 0. The van der Waals surface area contributed by atoms with Gasteiger partial charge in [-0.05, 0) is 44.0 Å². The van der Waals surface area contributed by atoms with Crippen LogP contribution in [0.5, 0.6) is 0 Å². The van der Waals surface area contributed by atoms with E-state index in [0.717, 1.165) is 24.3 Å². The van der Waals surface area contributed by atoms with E-state index in [1.807, 2.05) is 23.1 Å². The molecule has 2 heterocycles. The number of hydrogen-bond donors (Lipinski definition) is 2. The summed E-state index contributed by atoms with van der Waals surface area (Å²) in [5.74, 6) is 0.127. The first kappa shape index (κ1) is 14.1. The van der Waals surface area contributed by atoms with Crippen LogP contribution in [-0.4, -0.2) is 41.9 Å². The average molecular weight is 287 g/mol. The van der Waals surface area contributed by atoms with Gasteiger partial charge < -0.3 is 15.5 Å². The molecule has 2 unspecified atom stereocenters. The van der Waals surface area contributed by atoms with Crippen LogP contribution in [0.25, 0.3) is 0 Å². The smallest absolute Gasteiger partial charge is 0.254 e. The normalized spacial score (nSPS) is 25.2. The van der Waals surface area contributed by atoms with Crippen molar-refractivity contribution in [3.63, 3.8) is 0 Å². The molecule has 5 heteroatoms. The van der Waals surface area contributed by atoms with Crippen molar-refractivity contribution in [3.05, 3.63) is 29.3 Å². The minimum atomic E-state index is 0.0473. The third-order valence-corrected chi connectivity index (χ3v) is 4.54. The van der Waals surface area contributed by atoms with Gasteiger partial charge in [-0.15, -0.1) is 0 Å². The van der Waals surface area contributed by atoms with E-state index >= 15 is 0 Å². The van der Waals surface area contributed by atoms with E-state index in [1.165, 1.54) is 0 Å². The fourth-order valence-electron chi connectivity index (χ4n) is 3.03. The van der Waals surface area contributed by atoms with Crippen LogP contribution < -0.4 is 10.6 Å². The number of fused-ring (bicyclic) bond motifs is 1. The third kappa shape index (κ3) is 2.65. The fourth-order valence-corrected chi connectivity index (χ4v) is 3.03. The van der Waals surface area contributed by atoms with Gasteiger partial charge >= 0.3 is 0 Å². The Morgan fingerprint density at radius 3 is 2.90 bits per heavy atom. The predicted molar refractivity (Wildman–Crippen MR) is 81.4 cm³/mol. The number of nitrogens with zero attached hydrogens (tertiary/aromatic N) is 1. The van der Waals surface area contributed by atoms with Crippen LogP contribution in [0.2, 0.25) is 0 Å². The van der Waals surface area contributed by atoms with Crippen molar-refractivity contribution in [1.29, 1.82) is 0 Å². The third-order valence-electron chi connectivity index (χ3n) is 4.54. The summed E-state index contributed by atoms with van der Waals surface area (Å²) in [6.45, 7) is 5.75. The summed E-state index contributed by atoms with van der Waals surface area (Å²) >= 11 is 0. The molecule has 2 aliphatic heterocycles. The molecule has 2 amide bonds. The molecule has 0 aliphatic carbocycles. The number of rotatable bonds is 1. The number of aryl methyl sites for hydroxylation is 1. The van der Waals surface area contributed by atoms with Gasteiger partial charge in [-0.2, -0.15) is 0 Å². The van der Waals surface area contributed by atoms with Crippen molar-refractivity contribution < 1.29 is 9.59 Å². The molecule has 112 valence electrons. The lowest BCUT2D eigenvalue weighted by Gasteiger charge is -2.38. The molecule has 2 atom stereocenters. The van der Waals surface area contributed by atoms with Crippen molar-refractivity contribution in [2.45, 2.75) is 38.8 Å². The summed E-state index contributed by atoms with van der Waals surface area (Å²) in [6.07, 6.45) is 1.20. The molecule has 0 bridgehead atoms. The predicted octanol–water partition coefficient (Wildman–Crippen LogP) is 1.39. The van der Waals surface area contributed by atoms with Crippen molar-refractivity contribution >= 4 is 17.5 Å². The molecule has 21 heavy (non-hydrogen) atoms.